The van der Waals surface area contributed by atoms with Gasteiger partial charge in [0.25, 0.3) is 10.2 Å². The van der Waals surface area contributed by atoms with E-state index in [1.165, 1.54) is 9.87 Å². The van der Waals surface area contributed by atoms with Gasteiger partial charge in [-0.2, -0.15) is 17.0 Å². The van der Waals surface area contributed by atoms with Gasteiger partial charge in [0.05, 0.1) is 6.61 Å². The van der Waals surface area contributed by atoms with Crippen molar-refractivity contribution in [3.05, 3.63) is 29.8 Å². The van der Waals surface area contributed by atoms with E-state index in [0.717, 1.165) is 31.7 Å². The van der Waals surface area contributed by atoms with E-state index in [4.69, 9.17) is 4.74 Å². The van der Waals surface area contributed by atoms with Gasteiger partial charge in [0, 0.05) is 51.9 Å². The topological polar surface area (TPSA) is 53.1 Å². The molecular formula is C18H29N3O3S. The van der Waals surface area contributed by atoms with Gasteiger partial charge in [-0.15, -0.1) is 0 Å². The zero-order valence-corrected chi connectivity index (χ0v) is 16.2. The zero-order valence-electron chi connectivity index (χ0n) is 15.4. The summed E-state index contributed by atoms with van der Waals surface area (Å²) in [6.07, 6.45) is 2.16. The van der Waals surface area contributed by atoms with Crippen molar-refractivity contribution in [1.29, 1.82) is 0 Å². The fourth-order valence-corrected chi connectivity index (χ4v) is 5.12. The van der Waals surface area contributed by atoms with Gasteiger partial charge in [0.1, 0.15) is 5.75 Å². The lowest BCUT2D eigenvalue weighted by molar-refractivity contribution is 0.123. The molecule has 4 rings (SSSR count). The first-order valence-corrected chi connectivity index (χ1v) is 10.4. The van der Waals surface area contributed by atoms with E-state index in [-0.39, 0.29) is 6.04 Å². The molecule has 6 nitrogen and oxygen atoms in total. The Hall–Kier alpha value is -1.15. The molecule has 3 fully saturated rings. The molecule has 3 heterocycles. The minimum atomic E-state index is -3.35. The summed E-state index contributed by atoms with van der Waals surface area (Å²) in [4.78, 5) is 2.44. The highest BCUT2D eigenvalue weighted by atomic mass is 32.2. The van der Waals surface area contributed by atoms with Crippen LogP contribution in [0.3, 0.4) is 0 Å². The van der Waals surface area contributed by atoms with Gasteiger partial charge in [-0.25, -0.2) is 0 Å². The Morgan fingerprint density at radius 1 is 1.16 bits per heavy atom. The van der Waals surface area contributed by atoms with E-state index >= 15 is 0 Å². The van der Waals surface area contributed by atoms with E-state index in [2.05, 4.69) is 11.0 Å². The zero-order chi connectivity index (χ0) is 18.0. The van der Waals surface area contributed by atoms with Crippen molar-refractivity contribution >= 4 is 10.2 Å². The van der Waals surface area contributed by atoms with Crippen LogP contribution in [0.15, 0.2) is 24.3 Å². The predicted octanol–water partition coefficient (Wildman–Crippen LogP) is 1.79. The Balaban J connectivity index is 1.78. The number of para-hydroxylation sites is 1. The summed E-state index contributed by atoms with van der Waals surface area (Å²) in [7, 11) is -0.128. The van der Waals surface area contributed by atoms with Gasteiger partial charge >= 0.3 is 0 Å². The molecule has 3 aliphatic rings. The van der Waals surface area contributed by atoms with Crippen LogP contribution in [-0.4, -0.2) is 68.3 Å². The molecule has 0 aromatic heterocycles. The molecule has 3 saturated heterocycles. The second-order valence-electron chi connectivity index (χ2n) is 7.17. The summed E-state index contributed by atoms with van der Waals surface area (Å²) >= 11 is 0. The average molecular weight is 368 g/mol. The SMILES string of the molecule is CCOc1ccccc1CN1C[C@H]2CC[C@@H]1CN(S(=O)(=O)N(C)C)C2. The van der Waals surface area contributed by atoms with Crippen molar-refractivity contribution in [3.63, 3.8) is 0 Å². The minimum Gasteiger partial charge on any atom is -0.494 e. The normalized spacial score (nSPS) is 25.3. The van der Waals surface area contributed by atoms with Crippen LogP contribution < -0.4 is 4.74 Å². The maximum Gasteiger partial charge on any atom is 0.281 e. The van der Waals surface area contributed by atoms with Crippen LogP contribution in [0.1, 0.15) is 25.3 Å². The Bertz CT molecular complexity index is 693. The number of benzene rings is 1. The lowest BCUT2D eigenvalue weighted by Gasteiger charge is -2.36. The standard InChI is InChI=1S/C18H29N3O3S/c1-4-24-18-8-6-5-7-16(18)13-20-11-15-9-10-17(20)14-21(12-15)25(22,23)19(2)3/h5-8,15,17H,4,9-14H2,1-3H3/t15-,17-/m1/s1. The maximum absolute atomic E-state index is 12.6. The molecule has 0 N–H and O–H groups in total. The second kappa shape index (κ2) is 7.61. The Morgan fingerprint density at radius 2 is 1.92 bits per heavy atom. The molecular weight excluding hydrogens is 338 g/mol. The molecule has 7 heteroatoms. The number of ether oxygens (including phenoxy) is 1. The summed E-state index contributed by atoms with van der Waals surface area (Å²) < 4.78 is 33.9. The molecule has 0 aliphatic carbocycles. The van der Waals surface area contributed by atoms with Crippen molar-refractivity contribution in [2.45, 2.75) is 32.4 Å². The summed E-state index contributed by atoms with van der Waals surface area (Å²) in [5.41, 5.74) is 1.18. The largest absolute Gasteiger partial charge is 0.494 e. The third-order valence-electron chi connectivity index (χ3n) is 5.23. The highest BCUT2D eigenvalue weighted by Crippen LogP contribution is 2.32. The number of rotatable bonds is 6. The molecule has 3 aliphatic heterocycles. The highest BCUT2D eigenvalue weighted by Gasteiger charge is 2.39. The van der Waals surface area contributed by atoms with Crippen molar-refractivity contribution in [2.75, 3.05) is 40.3 Å². The lowest BCUT2D eigenvalue weighted by Crippen LogP contribution is -2.45. The van der Waals surface area contributed by atoms with Crippen LogP contribution in [0.5, 0.6) is 5.75 Å². The lowest BCUT2D eigenvalue weighted by atomic mass is 9.94. The third-order valence-corrected chi connectivity index (χ3v) is 7.10. The molecule has 0 unspecified atom stereocenters. The number of hydrogen-bond donors (Lipinski definition) is 0. The van der Waals surface area contributed by atoms with Gasteiger partial charge in [-0.05, 0) is 31.7 Å². The van der Waals surface area contributed by atoms with E-state index in [0.29, 0.717) is 25.6 Å². The van der Waals surface area contributed by atoms with Crippen molar-refractivity contribution in [1.82, 2.24) is 13.5 Å². The van der Waals surface area contributed by atoms with Crippen LogP contribution in [-0.2, 0) is 16.8 Å². The fourth-order valence-electron chi connectivity index (χ4n) is 3.90. The molecule has 0 amide bonds. The van der Waals surface area contributed by atoms with Gasteiger partial charge < -0.3 is 4.74 Å². The van der Waals surface area contributed by atoms with E-state index in [1.807, 2.05) is 25.1 Å². The van der Waals surface area contributed by atoms with E-state index in [9.17, 15) is 8.42 Å². The molecule has 0 spiro atoms. The van der Waals surface area contributed by atoms with Crippen LogP contribution in [0.25, 0.3) is 0 Å². The average Bonchev–Trinajstić information content (AvgIpc) is 2.89. The summed E-state index contributed by atoms with van der Waals surface area (Å²) in [5.74, 6) is 1.33. The first-order chi connectivity index (χ1) is 11.9. The summed E-state index contributed by atoms with van der Waals surface area (Å²) in [6.45, 7) is 5.61. The van der Waals surface area contributed by atoms with Crippen molar-refractivity contribution < 1.29 is 13.2 Å². The van der Waals surface area contributed by atoms with Crippen LogP contribution in [0.2, 0.25) is 0 Å². The van der Waals surface area contributed by atoms with Gasteiger partial charge in [0.2, 0.25) is 0 Å². The van der Waals surface area contributed by atoms with Crippen LogP contribution in [0.4, 0.5) is 0 Å². The predicted molar refractivity (Wildman–Crippen MR) is 98.7 cm³/mol. The number of fused-ring (bicyclic) bond motifs is 4. The first kappa shape index (κ1) is 18.6. The van der Waals surface area contributed by atoms with E-state index < -0.39 is 10.2 Å². The molecule has 2 atom stereocenters. The summed E-state index contributed by atoms with van der Waals surface area (Å²) in [5, 5.41) is 0. The quantitative estimate of drug-likeness (QED) is 0.769. The highest BCUT2D eigenvalue weighted by molar-refractivity contribution is 7.86. The Labute approximate surface area is 151 Å². The number of piperidine rings is 1. The number of nitrogens with zero attached hydrogens (tertiary/aromatic N) is 3. The van der Waals surface area contributed by atoms with Crippen molar-refractivity contribution in [2.24, 2.45) is 5.92 Å². The monoisotopic (exact) mass is 367 g/mol. The Morgan fingerprint density at radius 3 is 2.64 bits per heavy atom. The maximum atomic E-state index is 12.6. The molecule has 1 aromatic rings. The molecule has 0 saturated carbocycles. The van der Waals surface area contributed by atoms with Gasteiger partial charge in [0.15, 0.2) is 0 Å². The molecule has 1 aromatic carbocycles. The molecule has 0 radical (unpaired) electrons. The molecule has 25 heavy (non-hydrogen) atoms. The third kappa shape index (κ3) is 4.00. The van der Waals surface area contributed by atoms with E-state index in [1.54, 1.807) is 18.4 Å². The van der Waals surface area contributed by atoms with Gasteiger partial charge in [-0.1, -0.05) is 18.2 Å². The van der Waals surface area contributed by atoms with Crippen LogP contribution in [0, 0.1) is 5.92 Å². The Kier molecular flexibility index (Phi) is 5.68. The first-order valence-electron chi connectivity index (χ1n) is 9.04. The second-order valence-corrected chi connectivity index (χ2v) is 9.32. The fraction of sp³-hybridized carbons (Fsp3) is 0.667. The number of hydrogen-bond acceptors (Lipinski definition) is 4. The van der Waals surface area contributed by atoms with Crippen molar-refractivity contribution in [3.8, 4) is 5.75 Å². The summed E-state index contributed by atoms with van der Waals surface area (Å²) in [6, 6.07) is 8.42. The molecule has 140 valence electrons. The molecule has 2 bridgehead atoms. The smallest absolute Gasteiger partial charge is 0.281 e. The minimum absolute atomic E-state index is 0.267. The van der Waals surface area contributed by atoms with Crippen LogP contribution >= 0.6 is 0 Å². The van der Waals surface area contributed by atoms with Gasteiger partial charge in [-0.3, -0.25) is 4.90 Å².